The van der Waals surface area contributed by atoms with Crippen LogP contribution >= 0.6 is 0 Å². The average Bonchev–Trinajstić information content (AvgIpc) is 2.59. The van der Waals surface area contributed by atoms with Gasteiger partial charge in [0.1, 0.15) is 5.75 Å². The Morgan fingerprint density at radius 1 is 1.19 bits per heavy atom. The van der Waals surface area contributed by atoms with Gasteiger partial charge in [-0.15, -0.1) is 0 Å². The molecule has 4 aliphatic rings. The molecule has 3 aliphatic carbocycles. The Labute approximate surface area is 155 Å². The van der Waals surface area contributed by atoms with E-state index in [-0.39, 0.29) is 17.4 Å². The number of piperidine rings is 1. The number of ether oxygens (including phenoxy) is 1. The summed E-state index contributed by atoms with van der Waals surface area (Å²) in [5.74, 6) is 1.37. The van der Waals surface area contributed by atoms with Crippen molar-refractivity contribution in [3.8, 4) is 5.75 Å². The summed E-state index contributed by atoms with van der Waals surface area (Å²) in [7, 11) is 1.71. The molecule has 4 nitrogen and oxygen atoms in total. The first-order valence-corrected chi connectivity index (χ1v) is 10.3. The van der Waals surface area contributed by atoms with Crippen LogP contribution in [-0.4, -0.2) is 41.2 Å². The van der Waals surface area contributed by atoms with Gasteiger partial charge in [0.25, 0.3) is 0 Å². The predicted octanol–water partition coefficient (Wildman–Crippen LogP) is 3.20. The second-order valence-electron chi connectivity index (χ2n) is 8.87. The molecule has 140 valence electrons. The summed E-state index contributed by atoms with van der Waals surface area (Å²) >= 11 is 0. The van der Waals surface area contributed by atoms with Crippen LogP contribution in [0.25, 0.3) is 0 Å². The molecular formula is C22H29NO3. The fourth-order valence-corrected chi connectivity index (χ4v) is 6.28. The maximum absolute atomic E-state index is 13.1. The lowest BCUT2D eigenvalue weighted by Gasteiger charge is -2.64. The zero-order valence-electron chi connectivity index (χ0n) is 15.7. The van der Waals surface area contributed by atoms with Crippen LogP contribution in [0, 0.1) is 5.92 Å². The van der Waals surface area contributed by atoms with E-state index in [1.807, 2.05) is 6.07 Å². The van der Waals surface area contributed by atoms with E-state index in [0.717, 1.165) is 63.7 Å². The molecule has 26 heavy (non-hydrogen) atoms. The SMILES string of the molecule is COc1ccc2c(c1)[C@@]13CCCCC1(O)C(C2)N(C(=O)C1CCC1)CC3. The van der Waals surface area contributed by atoms with Gasteiger partial charge in [-0.05, 0) is 61.8 Å². The number of hydrogen-bond acceptors (Lipinski definition) is 3. The topological polar surface area (TPSA) is 49.8 Å². The van der Waals surface area contributed by atoms with Gasteiger partial charge >= 0.3 is 0 Å². The summed E-state index contributed by atoms with van der Waals surface area (Å²) in [4.78, 5) is 15.2. The lowest BCUT2D eigenvalue weighted by molar-refractivity contribution is -0.182. The number of carbonyl (C=O) groups excluding carboxylic acids is 1. The van der Waals surface area contributed by atoms with Crippen molar-refractivity contribution in [2.45, 2.75) is 74.8 Å². The Bertz CT molecular complexity index is 743. The summed E-state index contributed by atoms with van der Waals surface area (Å²) in [6, 6.07) is 6.28. The third-order valence-electron chi connectivity index (χ3n) is 7.93. The highest BCUT2D eigenvalue weighted by Crippen LogP contribution is 2.58. The largest absolute Gasteiger partial charge is 0.497 e. The van der Waals surface area contributed by atoms with Crippen molar-refractivity contribution >= 4 is 5.91 Å². The van der Waals surface area contributed by atoms with Crippen molar-refractivity contribution in [2.75, 3.05) is 13.7 Å². The maximum atomic E-state index is 13.1. The summed E-state index contributed by atoms with van der Waals surface area (Å²) in [5.41, 5.74) is 1.58. The van der Waals surface area contributed by atoms with Crippen LogP contribution in [0.5, 0.6) is 5.75 Å². The Morgan fingerprint density at radius 3 is 2.73 bits per heavy atom. The monoisotopic (exact) mass is 355 g/mol. The van der Waals surface area contributed by atoms with E-state index < -0.39 is 5.60 Å². The van der Waals surface area contributed by atoms with Gasteiger partial charge in [-0.3, -0.25) is 4.79 Å². The van der Waals surface area contributed by atoms with E-state index in [1.54, 1.807) is 7.11 Å². The van der Waals surface area contributed by atoms with Crippen molar-refractivity contribution in [2.24, 2.45) is 5.92 Å². The van der Waals surface area contributed by atoms with Crippen molar-refractivity contribution < 1.29 is 14.6 Å². The van der Waals surface area contributed by atoms with Crippen molar-refractivity contribution in [1.82, 2.24) is 4.90 Å². The summed E-state index contributed by atoms with van der Waals surface area (Å²) in [5, 5.41) is 12.0. The molecule has 1 aromatic carbocycles. The third kappa shape index (κ3) is 2.02. The van der Waals surface area contributed by atoms with Gasteiger partial charge < -0.3 is 14.7 Å². The number of fused-ring (bicyclic) bond motifs is 1. The number of likely N-dealkylation sites (tertiary alicyclic amines) is 1. The van der Waals surface area contributed by atoms with E-state index in [4.69, 9.17) is 4.74 Å². The number of aliphatic hydroxyl groups is 1. The highest BCUT2D eigenvalue weighted by Gasteiger charge is 2.64. The van der Waals surface area contributed by atoms with Crippen LogP contribution in [-0.2, 0) is 16.6 Å². The summed E-state index contributed by atoms with van der Waals surface area (Å²) < 4.78 is 5.49. The molecule has 1 heterocycles. The third-order valence-corrected chi connectivity index (χ3v) is 7.93. The van der Waals surface area contributed by atoms with Gasteiger partial charge in [0, 0.05) is 17.9 Å². The van der Waals surface area contributed by atoms with Crippen molar-refractivity contribution in [1.29, 1.82) is 0 Å². The number of nitrogens with zero attached hydrogens (tertiary/aromatic N) is 1. The number of methoxy groups -OCH3 is 1. The first-order chi connectivity index (χ1) is 12.6. The molecule has 0 aromatic heterocycles. The van der Waals surface area contributed by atoms with E-state index >= 15 is 0 Å². The van der Waals surface area contributed by atoms with Gasteiger partial charge in [0.05, 0.1) is 18.8 Å². The molecule has 2 bridgehead atoms. The molecule has 1 N–H and O–H groups in total. The molecule has 1 aliphatic heterocycles. The fraction of sp³-hybridized carbons (Fsp3) is 0.682. The second-order valence-corrected chi connectivity index (χ2v) is 8.87. The Morgan fingerprint density at radius 2 is 2.00 bits per heavy atom. The molecule has 2 saturated carbocycles. The van der Waals surface area contributed by atoms with Crippen LogP contribution < -0.4 is 4.74 Å². The molecular weight excluding hydrogens is 326 g/mol. The number of hydrogen-bond donors (Lipinski definition) is 1. The molecule has 4 heteroatoms. The minimum Gasteiger partial charge on any atom is -0.497 e. The standard InChI is InChI=1S/C22H29NO3/c1-26-17-8-7-16-13-19-22(25)10-3-2-9-21(22,18(16)14-17)11-12-23(19)20(24)15-5-4-6-15/h7-8,14-15,19,25H,2-6,9-13H2,1H3/t19?,21-,22?/m0/s1. The van der Waals surface area contributed by atoms with E-state index in [1.165, 1.54) is 17.5 Å². The lowest BCUT2D eigenvalue weighted by atomic mass is 9.49. The Balaban J connectivity index is 1.61. The number of carbonyl (C=O) groups is 1. The molecule has 5 rings (SSSR count). The van der Waals surface area contributed by atoms with Gasteiger partial charge in [0.2, 0.25) is 5.91 Å². The molecule has 0 spiro atoms. The van der Waals surface area contributed by atoms with Gasteiger partial charge in [-0.2, -0.15) is 0 Å². The first-order valence-electron chi connectivity index (χ1n) is 10.3. The van der Waals surface area contributed by atoms with Gasteiger partial charge in [-0.25, -0.2) is 0 Å². The van der Waals surface area contributed by atoms with Gasteiger partial charge in [0.15, 0.2) is 0 Å². The maximum Gasteiger partial charge on any atom is 0.226 e. The minimum absolute atomic E-state index is 0.0643. The molecule has 2 unspecified atom stereocenters. The molecule has 1 aromatic rings. The van der Waals surface area contributed by atoms with Crippen LogP contribution in [0.2, 0.25) is 0 Å². The van der Waals surface area contributed by atoms with Crippen molar-refractivity contribution in [3.63, 3.8) is 0 Å². The van der Waals surface area contributed by atoms with Gasteiger partial charge in [-0.1, -0.05) is 25.3 Å². The number of rotatable bonds is 2. The molecule has 3 fully saturated rings. The summed E-state index contributed by atoms with van der Waals surface area (Å²) in [6.45, 7) is 0.791. The molecule has 3 atom stereocenters. The van der Waals surface area contributed by atoms with Crippen LogP contribution in [0.3, 0.4) is 0 Å². The van der Waals surface area contributed by atoms with E-state index in [2.05, 4.69) is 17.0 Å². The number of benzene rings is 1. The van der Waals surface area contributed by atoms with Crippen LogP contribution in [0.4, 0.5) is 0 Å². The fourth-order valence-electron chi connectivity index (χ4n) is 6.28. The quantitative estimate of drug-likeness (QED) is 0.886. The van der Waals surface area contributed by atoms with Crippen molar-refractivity contribution in [3.05, 3.63) is 29.3 Å². The normalized spacial score (nSPS) is 35.9. The molecule has 0 radical (unpaired) electrons. The zero-order valence-corrected chi connectivity index (χ0v) is 15.7. The predicted molar refractivity (Wildman–Crippen MR) is 99.3 cm³/mol. The van der Waals surface area contributed by atoms with Crippen LogP contribution in [0.15, 0.2) is 18.2 Å². The van der Waals surface area contributed by atoms with E-state index in [9.17, 15) is 9.90 Å². The smallest absolute Gasteiger partial charge is 0.226 e. The first kappa shape index (κ1) is 16.6. The lowest BCUT2D eigenvalue weighted by Crippen LogP contribution is -2.73. The average molecular weight is 355 g/mol. The van der Waals surface area contributed by atoms with Crippen LogP contribution in [0.1, 0.15) is 62.5 Å². The molecule has 1 saturated heterocycles. The zero-order chi connectivity index (χ0) is 17.9. The molecule has 1 amide bonds. The Kier molecular flexibility index (Phi) is 3.66. The Hall–Kier alpha value is -1.55. The second kappa shape index (κ2) is 5.72. The highest BCUT2D eigenvalue weighted by atomic mass is 16.5. The van der Waals surface area contributed by atoms with E-state index in [0.29, 0.717) is 5.91 Å². The number of amides is 1. The highest BCUT2D eigenvalue weighted by molar-refractivity contribution is 5.80. The minimum atomic E-state index is -0.789. The summed E-state index contributed by atoms with van der Waals surface area (Å²) in [6.07, 6.45) is 8.91.